The molecule has 0 heterocycles. The highest BCUT2D eigenvalue weighted by Crippen LogP contribution is 2.23. The Morgan fingerprint density at radius 2 is 2.06 bits per heavy atom. The first kappa shape index (κ1) is 14.0. The fraction of sp³-hybridized carbons (Fsp3) is 0.833. The zero-order valence-corrected chi connectivity index (χ0v) is 10.4. The SMILES string of the molecule is CC1CCCCC1NC(=O)CO[C@@H](C)C(=O)O. The van der Waals surface area contributed by atoms with Crippen LogP contribution in [0.2, 0.25) is 0 Å². The van der Waals surface area contributed by atoms with Crippen molar-refractivity contribution >= 4 is 11.9 Å². The molecule has 1 aliphatic rings. The van der Waals surface area contributed by atoms with E-state index in [1.807, 2.05) is 0 Å². The Balaban J connectivity index is 2.26. The summed E-state index contributed by atoms with van der Waals surface area (Å²) < 4.78 is 4.93. The molecule has 2 unspecified atom stereocenters. The van der Waals surface area contributed by atoms with E-state index in [4.69, 9.17) is 9.84 Å². The number of carbonyl (C=O) groups is 2. The van der Waals surface area contributed by atoms with E-state index in [1.165, 1.54) is 13.3 Å². The van der Waals surface area contributed by atoms with Gasteiger partial charge in [-0.25, -0.2) is 4.79 Å². The lowest BCUT2D eigenvalue weighted by Gasteiger charge is -2.29. The molecule has 98 valence electrons. The Bertz CT molecular complexity index is 280. The van der Waals surface area contributed by atoms with Gasteiger partial charge in [0.05, 0.1) is 0 Å². The number of carboxylic acids is 1. The predicted molar refractivity (Wildman–Crippen MR) is 62.6 cm³/mol. The summed E-state index contributed by atoms with van der Waals surface area (Å²) in [5.74, 6) is -0.787. The van der Waals surface area contributed by atoms with Crippen LogP contribution in [-0.2, 0) is 14.3 Å². The van der Waals surface area contributed by atoms with Crippen LogP contribution >= 0.6 is 0 Å². The third-order valence-corrected chi connectivity index (χ3v) is 3.27. The van der Waals surface area contributed by atoms with Gasteiger partial charge in [0.2, 0.25) is 5.91 Å². The molecule has 1 rings (SSSR count). The molecule has 0 radical (unpaired) electrons. The van der Waals surface area contributed by atoms with E-state index in [9.17, 15) is 9.59 Å². The van der Waals surface area contributed by atoms with E-state index in [0.717, 1.165) is 19.3 Å². The van der Waals surface area contributed by atoms with Crippen molar-refractivity contribution in [3.05, 3.63) is 0 Å². The topological polar surface area (TPSA) is 75.6 Å². The first-order valence-electron chi connectivity index (χ1n) is 6.14. The molecule has 5 nitrogen and oxygen atoms in total. The van der Waals surface area contributed by atoms with Crippen molar-refractivity contribution in [3.63, 3.8) is 0 Å². The highest BCUT2D eigenvalue weighted by atomic mass is 16.5. The van der Waals surface area contributed by atoms with E-state index in [2.05, 4.69) is 12.2 Å². The van der Waals surface area contributed by atoms with Gasteiger partial charge in [0, 0.05) is 6.04 Å². The maximum absolute atomic E-state index is 11.6. The molecule has 0 saturated heterocycles. The van der Waals surface area contributed by atoms with Crippen LogP contribution in [0.4, 0.5) is 0 Å². The smallest absolute Gasteiger partial charge is 0.332 e. The minimum absolute atomic E-state index is 0.184. The molecule has 0 spiro atoms. The first-order valence-corrected chi connectivity index (χ1v) is 6.14. The number of aliphatic carboxylic acids is 1. The quantitative estimate of drug-likeness (QED) is 0.760. The predicted octanol–water partition coefficient (Wildman–Crippen LogP) is 1.17. The third kappa shape index (κ3) is 4.73. The molecular weight excluding hydrogens is 222 g/mol. The first-order chi connectivity index (χ1) is 8.00. The molecular formula is C12H21NO4. The number of carboxylic acid groups (broad SMARTS) is 1. The fourth-order valence-electron chi connectivity index (χ4n) is 2.05. The highest BCUT2D eigenvalue weighted by Gasteiger charge is 2.23. The maximum atomic E-state index is 11.6. The van der Waals surface area contributed by atoms with Crippen molar-refractivity contribution < 1.29 is 19.4 Å². The van der Waals surface area contributed by atoms with Crippen LogP contribution in [0.25, 0.3) is 0 Å². The van der Waals surface area contributed by atoms with Crippen LogP contribution in [-0.4, -0.2) is 35.7 Å². The van der Waals surface area contributed by atoms with Crippen molar-refractivity contribution in [1.29, 1.82) is 0 Å². The second-order valence-electron chi connectivity index (χ2n) is 4.73. The minimum Gasteiger partial charge on any atom is -0.479 e. The van der Waals surface area contributed by atoms with Gasteiger partial charge in [0.1, 0.15) is 6.61 Å². The highest BCUT2D eigenvalue weighted by molar-refractivity contribution is 5.78. The van der Waals surface area contributed by atoms with Gasteiger partial charge in [-0.05, 0) is 25.7 Å². The van der Waals surface area contributed by atoms with E-state index in [1.54, 1.807) is 0 Å². The van der Waals surface area contributed by atoms with Crippen LogP contribution in [0.5, 0.6) is 0 Å². The summed E-state index contributed by atoms with van der Waals surface area (Å²) in [5.41, 5.74) is 0. The number of ether oxygens (including phenoxy) is 1. The Morgan fingerprint density at radius 3 is 2.65 bits per heavy atom. The Labute approximate surface area is 102 Å². The molecule has 0 aromatic carbocycles. The van der Waals surface area contributed by atoms with Crippen molar-refractivity contribution in [1.82, 2.24) is 5.32 Å². The van der Waals surface area contributed by atoms with Gasteiger partial charge in [0.25, 0.3) is 0 Å². The zero-order chi connectivity index (χ0) is 12.8. The van der Waals surface area contributed by atoms with Gasteiger partial charge < -0.3 is 15.2 Å². The molecule has 0 aliphatic heterocycles. The lowest BCUT2D eigenvalue weighted by atomic mass is 9.86. The average molecular weight is 243 g/mol. The van der Waals surface area contributed by atoms with Gasteiger partial charge in [-0.1, -0.05) is 19.8 Å². The van der Waals surface area contributed by atoms with Gasteiger partial charge in [-0.15, -0.1) is 0 Å². The zero-order valence-electron chi connectivity index (χ0n) is 10.4. The normalized spacial score (nSPS) is 26.2. The Kier molecular flexibility index (Phi) is 5.41. The molecule has 0 bridgehead atoms. The van der Waals surface area contributed by atoms with Gasteiger partial charge in [-0.2, -0.15) is 0 Å². The van der Waals surface area contributed by atoms with Crippen LogP contribution in [0.1, 0.15) is 39.5 Å². The molecule has 1 aliphatic carbocycles. The van der Waals surface area contributed by atoms with E-state index < -0.39 is 12.1 Å². The summed E-state index contributed by atoms with van der Waals surface area (Å²) in [6.45, 7) is 3.36. The Morgan fingerprint density at radius 1 is 1.41 bits per heavy atom. The van der Waals surface area contributed by atoms with Gasteiger partial charge in [0.15, 0.2) is 6.10 Å². The van der Waals surface area contributed by atoms with E-state index in [0.29, 0.717) is 5.92 Å². The minimum atomic E-state index is -1.05. The molecule has 1 saturated carbocycles. The lowest BCUT2D eigenvalue weighted by Crippen LogP contribution is -2.43. The molecule has 1 fully saturated rings. The molecule has 2 N–H and O–H groups in total. The monoisotopic (exact) mass is 243 g/mol. The summed E-state index contributed by atoms with van der Waals surface area (Å²) >= 11 is 0. The number of nitrogens with one attached hydrogen (secondary N) is 1. The lowest BCUT2D eigenvalue weighted by molar-refractivity contribution is -0.151. The van der Waals surface area contributed by atoms with Gasteiger partial charge in [-0.3, -0.25) is 4.79 Å². The maximum Gasteiger partial charge on any atom is 0.332 e. The average Bonchev–Trinajstić information content (AvgIpc) is 2.29. The number of hydrogen-bond acceptors (Lipinski definition) is 3. The molecule has 1 amide bonds. The van der Waals surface area contributed by atoms with Crippen molar-refractivity contribution in [3.8, 4) is 0 Å². The fourth-order valence-corrected chi connectivity index (χ4v) is 2.05. The summed E-state index contributed by atoms with van der Waals surface area (Å²) in [6.07, 6.45) is 3.56. The summed E-state index contributed by atoms with van der Waals surface area (Å²) in [4.78, 5) is 22.1. The summed E-state index contributed by atoms with van der Waals surface area (Å²) in [7, 11) is 0. The third-order valence-electron chi connectivity index (χ3n) is 3.27. The van der Waals surface area contributed by atoms with E-state index in [-0.39, 0.29) is 18.6 Å². The Hall–Kier alpha value is -1.10. The second kappa shape index (κ2) is 6.59. The standard InChI is InChI=1S/C12H21NO4/c1-8-5-3-4-6-10(8)13-11(14)7-17-9(2)12(15)16/h8-10H,3-7H2,1-2H3,(H,13,14)(H,15,16)/t8?,9-,10?/m0/s1. The summed E-state index contributed by atoms with van der Waals surface area (Å²) in [6, 6.07) is 0.208. The molecule has 0 aromatic rings. The molecule has 0 aromatic heterocycles. The van der Waals surface area contributed by atoms with Crippen LogP contribution in [0, 0.1) is 5.92 Å². The van der Waals surface area contributed by atoms with Crippen LogP contribution in [0.3, 0.4) is 0 Å². The summed E-state index contributed by atoms with van der Waals surface area (Å²) in [5, 5.41) is 11.5. The van der Waals surface area contributed by atoms with Crippen molar-refractivity contribution in [2.75, 3.05) is 6.61 Å². The van der Waals surface area contributed by atoms with Crippen molar-refractivity contribution in [2.45, 2.75) is 51.7 Å². The van der Waals surface area contributed by atoms with Crippen LogP contribution < -0.4 is 5.32 Å². The number of amides is 1. The van der Waals surface area contributed by atoms with E-state index >= 15 is 0 Å². The number of rotatable bonds is 5. The molecule has 17 heavy (non-hydrogen) atoms. The van der Waals surface area contributed by atoms with Gasteiger partial charge >= 0.3 is 5.97 Å². The second-order valence-corrected chi connectivity index (χ2v) is 4.73. The number of hydrogen-bond donors (Lipinski definition) is 2. The largest absolute Gasteiger partial charge is 0.479 e. The van der Waals surface area contributed by atoms with Crippen LogP contribution in [0.15, 0.2) is 0 Å². The van der Waals surface area contributed by atoms with Crippen molar-refractivity contribution in [2.24, 2.45) is 5.92 Å². The molecule has 3 atom stereocenters. The number of carbonyl (C=O) groups excluding carboxylic acids is 1. The molecule has 5 heteroatoms.